The van der Waals surface area contributed by atoms with Gasteiger partial charge in [-0.2, -0.15) is 5.10 Å². The molecule has 112 valence electrons. The number of fused-ring (bicyclic) bond motifs is 1. The zero-order valence-electron chi connectivity index (χ0n) is 11.7. The quantitative estimate of drug-likeness (QED) is 0.752. The molecular formula is C14H17N3O4. The Hall–Kier alpha value is -2.41. The Morgan fingerprint density at radius 2 is 2.10 bits per heavy atom. The number of carboxylic acids is 1. The lowest BCUT2D eigenvalue weighted by Crippen LogP contribution is -2.37. The van der Waals surface area contributed by atoms with Crippen molar-refractivity contribution in [2.24, 2.45) is 0 Å². The number of esters is 1. The van der Waals surface area contributed by atoms with E-state index in [0.717, 1.165) is 10.9 Å². The number of benzene rings is 1. The molecule has 0 aliphatic carbocycles. The number of aliphatic carboxylic acids is 1. The third-order valence-electron chi connectivity index (χ3n) is 3.12. The monoisotopic (exact) mass is 291 g/mol. The predicted molar refractivity (Wildman–Crippen MR) is 75.8 cm³/mol. The normalized spacial score (nSPS) is 11.0. The second kappa shape index (κ2) is 6.85. The molecule has 1 aromatic heterocycles. The first-order valence-electron chi connectivity index (χ1n) is 6.51. The minimum Gasteiger partial charge on any atom is -0.480 e. The number of methoxy groups -OCH3 is 1. The summed E-state index contributed by atoms with van der Waals surface area (Å²) in [6, 6.07) is 7.76. The summed E-state index contributed by atoms with van der Waals surface area (Å²) in [5.41, 5.74) is 0.978. The summed E-state index contributed by atoms with van der Waals surface area (Å²) >= 11 is 0. The van der Waals surface area contributed by atoms with Crippen molar-refractivity contribution in [3.05, 3.63) is 30.5 Å². The number of para-hydroxylation sites is 1. The summed E-state index contributed by atoms with van der Waals surface area (Å²) in [6.07, 6.45) is 1.76. The number of ether oxygens (including phenoxy) is 1. The van der Waals surface area contributed by atoms with Crippen molar-refractivity contribution in [3.8, 4) is 0 Å². The molecule has 21 heavy (non-hydrogen) atoms. The highest BCUT2D eigenvalue weighted by molar-refractivity contribution is 5.78. The van der Waals surface area contributed by atoms with Gasteiger partial charge in [-0.25, -0.2) is 0 Å². The van der Waals surface area contributed by atoms with E-state index in [1.165, 1.54) is 12.0 Å². The average molecular weight is 291 g/mol. The van der Waals surface area contributed by atoms with E-state index in [1.807, 2.05) is 24.3 Å². The van der Waals surface area contributed by atoms with E-state index in [1.54, 1.807) is 10.9 Å². The van der Waals surface area contributed by atoms with Gasteiger partial charge in [0.15, 0.2) is 0 Å². The Morgan fingerprint density at radius 1 is 1.33 bits per heavy atom. The lowest BCUT2D eigenvalue weighted by atomic mass is 10.2. The Labute approximate surface area is 121 Å². The Morgan fingerprint density at radius 3 is 2.81 bits per heavy atom. The van der Waals surface area contributed by atoms with Gasteiger partial charge in [0.2, 0.25) is 0 Å². The van der Waals surface area contributed by atoms with Crippen molar-refractivity contribution in [2.75, 3.05) is 26.7 Å². The van der Waals surface area contributed by atoms with Gasteiger partial charge in [-0.05, 0) is 6.07 Å². The maximum atomic E-state index is 11.3. The first kappa shape index (κ1) is 15.0. The van der Waals surface area contributed by atoms with Crippen LogP contribution in [-0.2, 0) is 20.9 Å². The second-order valence-electron chi connectivity index (χ2n) is 4.61. The van der Waals surface area contributed by atoms with Gasteiger partial charge >= 0.3 is 11.9 Å². The fraction of sp³-hybridized carbons (Fsp3) is 0.357. The number of nitrogens with zero attached hydrogens (tertiary/aromatic N) is 3. The van der Waals surface area contributed by atoms with Gasteiger partial charge < -0.3 is 9.84 Å². The lowest BCUT2D eigenvalue weighted by Gasteiger charge is -2.18. The molecule has 0 radical (unpaired) electrons. The molecule has 0 atom stereocenters. The minimum atomic E-state index is -0.982. The molecule has 0 amide bonds. The topological polar surface area (TPSA) is 84.7 Å². The number of carbonyl (C=O) groups excluding carboxylic acids is 1. The second-order valence-corrected chi connectivity index (χ2v) is 4.61. The van der Waals surface area contributed by atoms with E-state index in [2.05, 4.69) is 9.84 Å². The summed E-state index contributed by atoms with van der Waals surface area (Å²) in [5.74, 6) is -1.44. The summed E-state index contributed by atoms with van der Waals surface area (Å²) in [5, 5.41) is 14.2. The molecule has 7 nitrogen and oxygen atoms in total. The van der Waals surface area contributed by atoms with Gasteiger partial charge in [0.25, 0.3) is 0 Å². The molecule has 0 aliphatic rings. The third kappa shape index (κ3) is 4.03. The van der Waals surface area contributed by atoms with Crippen LogP contribution in [0.15, 0.2) is 30.5 Å². The van der Waals surface area contributed by atoms with E-state index in [0.29, 0.717) is 13.1 Å². The molecule has 2 rings (SSSR count). The van der Waals surface area contributed by atoms with Crippen molar-refractivity contribution in [2.45, 2.75) is 6.54 Å². The van der Waals surface area contributed by atoms with Gasteiger partial charge in [0.1, 0.15) is 0 Å². The smallest absolute Gasteiger partial charge is 0.319 e. The van der Waals surface area contributed by atoms with Crippen LogP contribution in [0.1, 0.15) is 0 Å². The number of rotatable bonds is 7. The molecular weight excluding hydrogens is 274 g/mol. The van der Waals surface area contributed by atoms with E-state index >= 15 is 0 Å². The number of hydrogen-bond donors (Lipinski definition) is 1. The molecule has 1 heterocycles. The summed E-state index contributed by atoms with van der Waals surface area (Å²) in [4.78, 5) is 23.7. The van der Waals surface area contributed by atoms with Crippen molar-refractivity contribution in [1.82, 2.24) is 14.7 Å². The fourth-order valence-electron chi connectivity index (χ4n) is 2.09. The number of carboxylic acid groups (broad SMARTS) is 1. The van der Waals surface area contributed by atoms with E-state index in [9.17, 15) is 9.59 Å². The Bertz CT molecular complexity index is 638. The first-order chi connectivity index (χ1) is 10.1. The molecule has 0 saturated carbocycles. The van der Waals surface area contributed by atoms with E-state index in [-0.39, 0.29) is 13.1 Å². The number of carbonyl (C=O) groups is 2. The SMILES string of the molecule is COC(=O)CN(CCn1ncc2ccccc21)CC(=O)O. The van der Waals surface area contributed by atoms with Gasteiger partial charge in [-0.1, -0.05) is 18.2 Å². The summed E-state index contributed by atoms with van der Waals surface area (Å²) < 4.78 is 6.37. The molecule has 0 fully saturated rings. The Kier molecular flexibility index (Phi) is 4.89. The number of hydrogen-bond acceptors (Lipinski definition) is 5. The third-order valence-corrected chi connectivity index (χ3v) is 3.12. The maximum Gasteiger partial charge on any atom is 0.319 e. The van der Waals surface area contributed by atoms with E-state index in [4.69, 9.17) is 5.11 Å². The van der Waals surface area contributed by atoms with Crippen LogP contribution in [0.2, 0.25) is 0 Å². The Balaban J connectivity index is 2.03. The average Bonchev–Trinajstić information content (AvgIpc) is 2.87. The van der Waals surface area contributed by atoms with E-state index < -0.39 is 11.9 Å². The molecule has 1 N–H and O–H groups in total. The summed E-state index contributed by atoms with van der Waals surface area (Å²) in [6.45, 7) is 0.626. The van der Waals surface area contributed by atoms with Crippen LogP contribution in [0.5, 0.6) is 0 Å². The van der Waals surface area contributed by atoms with Crippen LogP contribution in [0.4, 0.5) is 0 Å². The first-order valence-corrected chi connectivity index (χ1v) is 6.51. The standard InChI is InChI=1S/C14H17N3O4/c1-21-14(20)10-16(9-13(18)19)6-7-17-12-5-3-2-4-11(12)8-15-17/h2-5,8H,6-7,9-10H2,1H3,(H,18,19). The number of aromatic nitrogens is 2. The molecule has 0 bridgehead atoms. The molecule has 0 spiro atoms. The van der Waals surface area contributed by atoms with Crippen LogP contribution in [0.25, 0.3) is 10.9 Å². The molecule has 0 unspecified atom stereocenters. The molecule has 0 saturated heterocycles. The zero-order chi connectivity index (χ0) is 15.2. The van der Waals surface area contributed by atoms with Crippen LogP contribution >= 0.6 is 0 Å². The van der Waals surface area contributed by atoms with Gasteiger partial charge in [0, 0.05) is 11.9 Å². The van der Waals surface area contributed by atoms with Crippen LogP contribution in [0, 0.1) is 0 Å². The largest absolute Gasteiger partial charge is 0.480 e. The van der Waals surface area contributed by atoms with Crippen LogP contribution in [0.3, 0.4) is 0 Å². The van der Waals surface area contributed by atoms with Crippen molar-refractivity contribution < 1.29 is 19.4 Å². The van der Waals surface area contributed by atoms with Gasteiger partial charge in [0.05, 0.1) is 38.5 Å². The van der Waals surface area contributed by atoms with Crippen LogP contribution < -0.4 is 0 Å². The van der Waals surface area contributed by atoms with Crippen molar-refractivity contribution in [3.63, 3.8) is 0 Å². The zero-order valence-corrected chi connectivity index (χ0v) is 11.7. The lowest BCUT2D eigenvalue weighted by molar-refractivity contribution is -0.144. The summed E-state index contributed by atoms with van der Waals surface area (Å²) in [7, 11) is 1.28. The molecule has 0 aliphatic heterocycles. The highest BCUT2D eigenvalue weighted by Crippen LogP contribution is 2.12. The molecule has 2 aromatic rings. The van der Waals surface area contributed by atoms with Gasteiger partial charge in [-0.3, -0.25) is 19.2 Å². The van der Waals surface area contributed by atoms with Crippen LogP contribution in [-0.4, -0.2) is 58.5 Å². The maximum absolute atomic E-state index is 11.3. The minimum absolute atomic E-state index is 0.0536. The van der Waals surface area contributed by atoms with Crippen molar-refractivity contribution >= 4 is 22.8 Å². The highest BCUT2D eigenvalue weighted by atomic mass is 16.5. The predicted octanol–water partition coefficient (Wildman–Crippen LogP) is 0.596. The molecule has 7 heteroatoms. The molecule has 1 aromatic carbocycles. The highest BCUT2D eigenvalue weighted by Gasteiger charge is 2.14. The van der Waals surface area contributed by atoms with Gasteiger partial charge in [-0.15, -0.1) is 0 Å². The van der Waals surface area contributed by atoms with Crippen molar-refractivity contribution in [1.29, 1.82) is 0 Å². The fourth-order valence-corrected chi connectivity index (χ4v) is 2.09.